The maximum atomic E-state index is 10.5. The molecule has 0 radical (unpaired) electrons. The van der Waals surface area contributed by atoms with Crippen LogP contribution < -0.4 is 5.32 Å². The lowest BCUT2D eigenvalue weighted by Gasteiger charge is -2.18. The van der Waals surface area contributed by atoms with E-state index in [-0.39, 0.29) is 12.0 Å². The maximum absolute atomic E-state index is 10.5. The first-order chi connectivity index (χ1) is 13.6. The third-order valence-electron chi connectivity index (χ3n) is 5.64. The second kappa shape index (κ2) is 8.00. The van der Waals surface area contributed by atoms with Crippen LogP contribution in [0.4, 0.5) is 0 Å². The molecule has 0 bridgehead atoms. The molecule has 1 fully saturated rings. The van der Waals surface area contributed by atoms with Crippen molar-refractivity contribution in [2.75, 3.05) is 7.11 Å². The van der Waals surface area contributed by atoms with Crippen molar-refractivity contribution in [3.05, 3.63) is 47.9 Å². The van der Waals surface area contributed by atoms with Gasteiger partial charge in [0.15, 0.2) is 0 Å². The minimum Gasteiger partial charge on any atom is -0.390 e. The Bertz CT molecular complexity index is 937. The van der Waals surface area contributed by atoms with Gasteiger partial charge in [-0.2, -0.15) is 0 Å². The minimum atomic E-state index is -0.804. The van der Waals surface area contributed by atoms with Crippen molar-refractivity contribution in [3.8, 4) is 0 Å². The zero-order valence-corrected chi connectivity index (χ0v) is 16.2. The summed E-state index contributed by atoms with van der Waals surface area (Å²) in [6, 6.07) is 8.10. The third kappa shape index (κ3) is 3.68. The molecule has 2 aromatic heterocycles. The van der Waals surface area contributed by atoms with Gasteiger partial charge in [0.05, 0.1) is 25.0 Å². The van der Waals surface area contributed by atoms with Crippen LogP contribution >= 0.6 is 0 Å². The van der Waals surface area contributed by atoms with Gasteiger partial charge in [0.1, 0.15) is 5.69 Å². The monoisotopic (exact) mass is 385 g/mol. The summed E-state index contributed by atoms with van der Waals surface area (Å²) in [6.45, 7) is 1.57. The highest BCUT2D eigenvalue weighted by atomic mass is 16.5. The number of aliphatic hydroxyl groups excluding tert-OH is 2. The summed E-state index contributed by atoms with van der Waals surface area (Å²) in [7, 11) is 3.65. The lowest BCUT2D eigenvalue weighted by molar-refractivity contribution is 0.00723. The lowest BCUT2D eigenvalue weighted by Crippen LogP contribution is -2.39. The molecule has 1 aliphatic carbocycles. The first kappa shape index (κ1) is 19.1. The number of rotatable bonds is 7. The fourth-order valence-electron chi connectivity index (χ4n) is 4.20. The van der Waals surface area contributed by atoms with Crippen LogP contribution in [0.15, 0.2) is 36.7 Å². The summed E-state index contributed by atoms with van der Waals surface area (Å²) in [5.74, 6) is -0.0860. The maximum Gasteiger partial charge on any atom is 0.108 e. The number of hydrogen-bond acceptors (Lipinski definition) is 6. The number of aromatic nitrogens is 4. The Kier molecular flexibility index (Phi) is 5.45. The van der Waals surface area contributed by atoms with Crippen LogP contribution in [0, 0.1) is 5.92 Å². The van der Waals surface area contributed by atoms with E-state index in [0.29, 0.717) is 26.1 Å². The quantitative estimate of drug-likeness (QED) is 0.557. The molecule has 1 aliphatic rings. The Morgan fingerprint density at radius 1 is 1.21 bits per heavy atom. The summed E-state index contributed by atoms with van der Waals surface area (Å²) in [4.78, 5) is 0. The zero-order valence-electron chi connectivity index (χ0n) is 16.2. The molecule has 150 valence electrons. The summed E-state index contributed by atoms with van der Waals surface area (Å²) >= 11 is 0. The number of para-hydroxylation sites is 1. The number of nitrogens with zero attached hydrogens (tertiary/aromatic N) is 4. The van der Waals surface area contributed by atoms with Gasteiger partial charge in [-0.3, -0.25) is 4.68 Å². The number of aryl methyl sites for hydroxylation is 1. The van der Waals surface area contributed by atoms with E-state index >= 15 is 0 Å². The zero-order chi connectivity index (χ0) is 19.7. The Hall–Kier alpha value is -2.26. The number of nitrogens with one attached hydrogen (secondary N) is 1. The number of ether oxygens (including phenoxy) is 1. The normalized spacial score (nSPS) is 25.0. The molecule has 1 saturated carbocycles. The van der Waals surface area contributed by atoms with Gasteiger partial charge >= 0.3 is 0 Å². The highest BCUT2D eigenvalue weighted by molar-refractivity contribution is 5.83. The lowest BCUT2D eigenvalue weighted by atomic mass is 10.1. The third-order valence-corrected chi connectivity index (χ3v) is 5.64. The largest absolute Gasteiger partial charge is 0.390 e. The number of hydrogen-bond donors (Lipinski definition) is 3. The number of fused-ring (bicyclic) bond motifs is 1. The molecule has 0 spiro atoms. The molecule has 1 aromatic carbocycles. The molecule has 28 heavy (non-hydrogen) atoms. The van der Waals surface area contributed by atoms with E-state index < -0.39 is 12.2 Å². The van der Waals surface area contributed by atoms with Gasteiger partial charge < -0.3 is 24.8 Å². The molecule has 4 atom stereocenters. The predicted octanol–water partition coefficient (Wildman–Crippen LogP) is 0.816. The molecule has 4 rings (SSSR count). The van der Waals surface area contributed by atoms with Crippen molar-refractivity contribution in [3.63, 3.8) is 0 Å². The second-order valence-electron chi connectivity index (χ2n) is 7.61. The van der Waals surface area contributed by atoms with E-state index in [4.69, 9.17) is 4.74 Å². The topological polar surface area (TPSA) is 97.4 Å². The van der Waals surface area contributed by atoms with Gasteiger partial charge in [0.2, 0.25) is 0 Å². The smallest absolute Gasteiger partial charge is 0.108 e. The highest BCUT2D eigenvalue weighted by Gasteiger charge is 2.41. The van der Waals surface area contributed by atoms with Gasteiger partial charge in [-0.05, 0) is 18.1 Å². The first-order valence-corrected chi connectivity index (χ1v) is 9.57. The molecular weight excluding hydrogens is 358 g/mol. The van der Waals surface area contributed by atoms with Crippen LogP contribution in [-0.4, -0.2) is 55.1 Å². The van der Waals surface area contributed by atoms with Crippen LogP contribution in [0.5, 0.6) is 0 Å². The van der Waals surface area contributed by atoms with E-state index in [0.717, 1.165) is 5.69 Å². The number of aliphatic hydroxyl groups is 2. The Labute approximate surface area is 163 Å². The predicted molar refractivity (Wildman–Crippen MR) is 104 cm³/mol. The van der Waals surface area contributed by atoms with E-state index in [1.807, 2.05) is 25.4 Å². The standard InChI is InChI=1S/C20H27N5O3/c1-24-9-14(16-5-3-4-6-18(16)24)8-21-17-7-13(19(26)20(17)27)10-25-11-15(12-28-2)22-23-25/h3-6,9,11,13,17,19-21,26-27H,7-8,10,12H2,1-2H3. The van der Waals surface area contributed by atoms with Crippen LogP contribution in [0.3, 0.4) is 0 Å². The number of methoxy groups -OCH3 is 1. The van der Waals surface area contributed by atoms with Gasteiger partial charge in [-0.25, -0.2) is 0 Å². The molecule has 8 nitrogen and oxygen atoms in total. The fraction of sp³-hybridized carbons (Fsp3) is 0.500. The molecule has 3 N–H and O–H groups in total. The van der Waals surface area contributed by atoms with E-state index in [9.17, 15) is 10.2 Å². The van der Waals surface area contributed by atoms with Crippen molar-refractivity contribution < 1.29 is 14.9 Å². The van der Waals surface area contributed by atoms with Crippen molar-refractivity contribution in [1.29, 1.82) is 0 Å². The van der Waals surface area contributed by atoms with E-state index in [1.165, 1.54) is 16.5 Å². The average Bonchev–Trinajstić information content (AvgIpc) is 3.34. The van der Waals surface area contributed by atoms with Gasteiger partial charge in [0, 0.05) is 56.3 Å². The van der Waals surface area contributed by atoms with Crippen molar-refractivity contribution in [1.82, 2.24) is 24.9 Å². The molecule has 8 heteroatoms. The Morgan fingerprint density at radius 2 is 2.04 bits per heavy atom. The van der Waals surface area contributed by atoms with Crippen LogP contribution in [0.2, 0.25) is 0 Å². The minimum absolute atomic E-state index is 0.0860. The SMILES string of the molecule is COCc1cn(CC2CC(NCc3cn(C)c4ccccc34)C(O)C2O)nn1. The molecular formula is C20H27N5O3. The molecule has 0 aliphatic heterocycles. The van der Waals surface area contributed by atoms with E-state index in [1.54, 1.807) is 11.8 Å². The molecule has 4 unspecified atom stereocenters. The van der Waals surface area contributed by atoms with Crippen molar-refractivity contribution in [2.45, 2.75) is 44.4 Å². The summed E-state index contributed by atoms with van der Waals surface area (Å²) in [5.41, 5.74) is 3.12. The second-order valence-corrected chi connectivity index (χ2v) is 7.61. The molecule has 2 heterocycles. The molecule has 3 aromatic rings. The van der Waals surface area contributed by atoms with Gasteiger partial charge in [-0.15, -0.1) is 5.10 Å². The number of benzene rings is 1. The van der Waals surface area contributed by atoms with E-state index in [2.05, 4.69) is 38.5 Å². The van der Waals surface area contributed by atoms with Crippen LogP contribution in [-0.2, 0) is 31.5 Å². The van der Waals surface area contributed by atoms with Crippen LogP contribution in [0.1, 0.15) is 17.7 Å². The average molecular weight is 385 g/mol. The van der Waals surface area contributed by atoms with Crippen molar-refractivity contribution >= 4 is 10.9 Å². The summed E-state index contributed by atoms with van der Waals surface area (Å²) in [6.07, 6.45) is 3.01. The van der Waals surface area contributed by atoms with Gasteiger partial charge in [0.25, 0.3) is 0 Å². The highest BCUT2D eigenvalue weighted by Crippen LogP contribution is 2.29. The van der Waals surface area contributed by atoms with Gasteiger partial charge in [-0.1, -0.05) is 23.4 Å². The molecule has 0 amide bonds. The molecule has 0 saturated heterocycles. The first-order valence-electron chi connectivity index (χ1n) is 9.57. The van der Waals surface area contributed by atoms with Crippen molar-refractivity contribution in [2.24, 2.45) is 13.0 Å². The Balaban J connectivity index is 1.40. The van der Waals surface area contributed by atoms with Crippen LogP contribution in [0.25, 0.3) is 10.9 Å². The summed E-state index contributed by atoms with van der Waals surface area (Å²) in [5, 5.41) is 33.8. The Morgan fingerprint density at radius 3 is 2.86 bits per heavy atom. The fourth-order valence-corrected chi connectivity index (χ4v) is 4.20. The summed E-state index contributed by atoms with van der Waals surface area (Å²) < 4.78 is 8.87.